The normalized spacial score (nSPS) is 19.2. The van der Waals surface area contributed by atoms with Crippen LogP contribution in [0.4, 0.5) is 0 Å². The maximum Gasteiger partial charge on any atom is 0.214 e. The van der Waals surface area contributed by atoms with Crippen LogP contribution < -0.4 is 14.2 Å². The lowest BCUT2D eigenvalue weighted by atomic mass is 9.95. The van der Waals surface area contributed by atoms with E-state index < -0.39 is 0 Å². The second-order valence-electron chi connectivity index (χ2n) is 8.55. The predicted molar refractivity (Wildman–Crippen MR) is 126 cm³/mol. The third kappa shape index (κ3) is 3.48. The molecule has 5 heteroatoms. The molecule has 0 amide bonds. The van der Waals surface area contributed by atoms with Crippen LogP contribution in [0.5, 0.6) is 17.2 Å². The zero-order chi connectivity index (χ0) is 22.2. The summed E-state index contributed by atoms with van der Waals surface area (Å²) in [6.45, 7) is 4.41. The van der Waals surface area contributed by atoms with E-state index in [4.69, 9.17) is 19.3 Å². The highest BCUT2D eigenvalue weighted by molar-refractivity contribution is 6.02. The van der Waals surface area contributed by atoms with Crippen LogP contribution in [0.25, 0.3) is 0 Å². The molecule has 0 fully saturated rings. The Labute approximate surface area is 189 Å². The Kier molecular flexibility index (Phi) is 5.25. The largest absolute Gasteiger partial charge is 0.497 e. The van der Waals surface area contributed by atoms with E-state index in [0.29, 0.717) is 5.92 Å². The summed E-state index contributed by atoms with van der Waals surface area (Å²) in [5, 5.41) is 7.15. The predicted octanol–water partition coefficient (Wildman–Crippen LogP) is 6.07. The Morgan fingerprint density at radius 1 is 0.938 bits per heavy atom. The third-order valence-corrected chi connectivity index (χ3v) is 6.31. The summed E-state index contributed by atoms with van der Waals surface area (Å²) in [5.74, 6) is 2.88. The molecule has 32 heavy (non-hydrogen) atoms. The van der Waals surface area contributed by atoms with Crippen molar-refractivity contribution in [3.05, 3.63) is 89.0 Å². The first-order valence-corrected chi connectivity index (χ1v) is 11.0. The molecule has 5 rings (SSSR count). The van der Waals surface area contributed by atoms with E-state index in [0.717, 1.165) is 46.1 Å². The van der Waals surface area contributed by atoms with Crippen LogP contribution in [-0.2, 0) is 0 Å². The Morgan fingerprint density at radius 3 is 2.34 bits per heavy atom. The fraction of sp³-hybridized carbons (Fsp3) is 0.296. The number of hydrogen-bond acceptors (Lipinski definition) is 5. The number of hydrazone groups is 1. The first-order chi connectivity index (χ1) is 15.6. The molecule has 2 aliphatic heterocycles. The van der Waals surface area contributed by atoms with E-state index in [1.165, 1.54) is 5.56 Å². The van der Waals surface area contributed by atoms with Gasteiger partial charge >= 0.3 is 0 Å². The van der Waals surface area contributed by atoms with Gasteiger partial charge in [-0.25, -0.2) is 5.01 Å². The summed E-state index contributed by atoms with van der Waals surface area (Å²) in [5.41, 5.74) is 5.63. The van der Waals surface area contributed by atoms with Crippen molar-refractivity contribution in [3.63, 3.8) is 0 Å². The van der Waals surface area contributed by atoms with Gasteiger partial charge in [0, 0.05) is 17.5 Å². The van der Waals surface area contributed by atoms with E-state index in [1.807, 2.05) is 24.3 Å². The highest BCUT2D eigenvalue weighted by Gasteiger charge is 2.42. The van der Waals surface area contributed by atoms with Gasteiger partial charge in [-0.15, -0.1) is 0 Å². The third-order valence-electron chi connectivity index (χ3n) is 6.31. The molecule has 0 aromatic heterocycles. The van der Waals surface area contributed by atoms with Crippen molar-refractivity contribution in [2.75, 3.05) is 14.2 Å². The molecule has 2 atom stereocenters. The Balaban J connectivity index is 1.57. The van der Waals surface area contributed by atoms with Gasteiger partial charge in [0.05, 0.1) is 26.0 Å². The summed E-state index contributed by atoms with van der Waals surface area (Å²) >= 11 is 0. The molecule has 2 aliphatic rings. The van der Waals surface area contributed by atoms with E-state index in [1.54, 1.807) is 14.2 Å². The van der Waals surface area contributed by atoms with Crippen molar-refractivity contribution in [1.29, 1.82) is 0 Å². The average Bonchev–Trinajstić information content (AvgIpc) is 3.29. The molecule has 3 aromatic rings. The number of nitrogens with zero attached hydrogens (tertiary/aromatic N) is 2. The van der Waals surface area contributed by atoms with Crippen LogP contribution >= 0.6 is 0 Å². The van der Waals surface area contributed by atoms with Crippen LogP contribution in [0.15, 0.2) is 71.8 Å². The first-order valence-electron chi connectivity index (χ1n) is 11.0. The number of para-hydroxylation sites is 1. The van der Waals surface area contributed by atoms with Crippen molar-refractivity contribution < 1.29 is 14.2 Å². The van der Waals surface area contributed by atoms with Gasteiger partial charge in [-0.2, -0.15) is 5.10 Å². The van der Waals surface area contributed by atoms with Gasteiger partial charge in [-0.1, -0.05) is 50.2 Å². The van der Waals surface area contributed by atoms with Crippen LogP contribution in [0, 0.1) is 0 Å². The van der Waals surface area contributed by atoms with Gasteiger partial charge in [0.2, 0.25) is 6.23 Å². The smallest absolute Gasteiger partial charge is 0.214 e. The lowest BCUT2D eigenvalue weighted by Gasteiger charge is -2.38. The lowest BCUT2D eigenvalue weighted by Crippen LogP contribution is -2.33. The topological polar surface area (TPSA) is 43.3 Å². The number of fused-ring (bicyclic) bond motifs is 3. The van der Waals surface area contributed by atoms with Gasteiger partial charge < -0.3 is 14.2 Å². The molecule has 0 bridgehead atoms. The van der Waals surface area contributed by atoms with Crippen LogP contribution in [0.1, 0.15) is 60.7 Å². The zero-order valence-electron chi connectivity index (χ0n) is 18.9. The second-order valence-corrected chi connectivity index (χ2v) is 8.55. The lowest BCUT2D eigenvalue weighted by molar-refractivity contribution is -0.0209. The highest BCUT2D eigenvalue weighted by Crippen LogP contribution is 2.50. The monoisotopic (exact) mass is 428 g/mol. The summed E-state index contributed by atoms with van der Waals surface area (Å²) < 4.78 is 17.5. The van der Waals surface area contributed by atoms with E-state index in [2.05, 4.69) is 61.3 Å². The summed E-state index contributed by atoms with van der Waals surface area (Å²) in [6, 6.07) is 22.9. The molecule has 0 radical (unpaired) electrons. The van der Waals surface area contributed by atoms with E-state index in [-0.39, 0.29) is 12.3 Å². The summed E-state index contributed by atoms with van der Waals surface area (Å²) in [7, 11) is 3.37. The van der Waals surface area contributed by atoms with Crippen LogP contribution in [-0.4, -0.2) is 24.9 Å². The standard InChI is InChI=1S/C27H28N2O3/c1-17(2)18-8-10-20(11-9-18)27-29-24(22-6-5-7-25(31-4)26(22)32-27)16-23(28-29)19-12-14-21(30-3)15-13-19/h5-15,17,24,27H,16H2,1-4H3/t24-,27+/m1/s1. The van der Waals surface area contributed by atoms with E-state index in [9.17, 15) is 0 Å². The number of hydrogen-bond donors (Lipinski definition) is 0. The van der Waals surface area contributed by atoms with Crippen LogP contribution in [0.3, 0.4) is 0 Å². The second kappa shape index (κ2) is 8.23. The van der Waals surface area contributed by atoms with Crippen molar-refractivity contribution in [2.24, 2.45) is 5.10 Å². The molecule has 0 spiro atoms. The van der Waals surface area contributed by atoms with Gasteiger partial charge in [-0.3, -0.25) is 0 Å². The minimum atomic E-state index is -0.319. The van der Waals surface area contributed by atoms with Crippen molar-refractivity contribution in [3.8, 4) is 17.2 Å². The minimum absolute atomic E-state index is 0.0840. The molecule has 5 nitrogen and oxygen atoms in total. The van der Waals surface area contributed by atoms with Gasteiger partial charge in [-0.05, 0) is 47.4 Å². The molecule has 2 heterocycles. The first kappa shape index (κ1) is 20.4. The van der Waals surface area contributed by atoms with Crippen LogP contribution in [0.2, 0.25) is 0 Å². The fourth-order valence-electron chi connectivity index (χ4n) is 4.47. The molecular formula is C27H28N2O3. The minimum Gasteiger partial charge on any atom is -0.497 e. The van der Waals surface area contributed by atoms with Crippen molar-refractivity contribution in [2.45, 2.75) is 38.5 Å². The molecule has 3 aromatic carbocycles. The Hall–Kier alpha value is -3.47. The Bertz CT molecular complexity index is 1140. The molecule has 0 saturated heterocycles. The average molecular weight is 429 g/mol. The maximum atomic E-state index is 6.55. The summed E-state index contributed by atoms with van der Waals surface area (Å²) in [4.78, 5) is 0. The molecule has 0 aliphatic carbocycles. The molecule has 0 saturated carbocycles. The number of methoxy groups -OCH3 is 2. The number of rotatable bonds is 5. The SMILES string of the molecule is COc1ccc(C2=NN3[C@H](C2)c2cccc(OC)c2O[C@H]3c2ccc(C(C)C)cc2)cc1. The maximum absolute atomic E-state index is 6.55. The quantitative estimate of drug-likeness (QED) is 0.495. The van der Waals surface area contributed by atoms with Crippen molar-refractivity contribution >= 4 is 5.71 Å². The van der Waals surface area contributed by atoms with Gasteiger partial charge in [0.25, 0.3) is 0 Å². The molecule has 164 valence electrons. The number of benzene rings is 3. The molecule has 0 N–H and O–H groups in total. The van der Waals surface area contributed by atoms with Crippen molar-refractivity contribution in [1.82, 2.24) is 5.01 Å². The fourth-order valence-corrected chi connectivity index (χ4v) is 4.47. The zero-order valence-corrected chi connectivity index (χ0v) is 18.9. The van der Waals surface area contributed by atoms with Gasteiger partial charge in [0.1, 0.15) is 5.75 Å². The Morgan fingerprint density at radius 2 is 1.69 bits per heavy atom. The summed E-state index contributed by atoms with van der Waals surface area (Å²) in [6.07, 6.45) is 0.483. The molecular weight excluding hydrogens is 400 g/mol. The van der Waals surface area contributed by atoms with Gasteiger partial charge in [0.15, 0.2) is 11.5 Å². The number of ether oxygens (including phenoxy) is 3. The molecule has 0 unspecified atom stereocenters. The highest BCUT2D eigenvalue weighted by atomic mass is 16.5. The van der Waals surface area contributed by atoms with E-state index >= 15 is 0 Å².